The Kier molecular flexibility index (Phi) is 4.16. The molecule has 0 radical (unpaired) electrons. The number of aromatic nitrogens is 3. The van der Waals surface area contributed by atoms with E-state index in [2.05, 4.69) is 15.2 Å². The van der Waals surface area contributed by atoms with Gasteiger partial charge in [-0.1, -0.05) is 11.6 Å². The van der Waals surface area contributed by atoms with E-state index in [0.717, 1.165) is 0 Å². The molecule has 1 fully saturated rings. The lowest BCUT2D eigenvalue weighted by Gasteiger charge is -2.29. The molecule has 0 unspecified atom stereocenters. The van der Waals surface area contributed by atoms with Crippen LogP contribution in [0.25, 0.3) is 0 Å². The summed E-state index contributed by atoms with van der Waals surface area (Å²) in [4.78, 5) is 3.99. The van der Waals surface area contributed by atoms with E-state index >= 15 is 0 Å². The van der Waals surface area contributed by atoms with E-state index in [1.807, 2.05) is 0 Å². The summed E-state index contributed by atoms with van der Waals surface area (Å²) in [6, 6.07) is 2.94. The summed E-state index contributed by atoms with van der Waals surface area (Å²) in [5.41, 5.74) is 0. The van der Waals surface area contributed by atoms with Gasteiger partial charge >= 0.3 is 0 Å². The average molecular weight is 343 g/mol. The monoisotopic (exact) mass is 342 g/mol. The number of hydrogen-bond acceptors (Lipinski definition) is 6. The third kappa shape index (κ3) is 2.99. The second kappa shape index (κ2) is 5.94. The van der Waals surface area contributed by atoms with Crippen LogP contribution in [-0.2, 0) is 10.0 Å². The van der Waals surface area contributed by atoms with Crippen LogP contribution in [0.3, 0.4) is 0 Å². The topological polar surface area (TPSA) is 89.2 Å². The van der Waals surface area contributed by atoms with E-state index in [1.54, 1.807) is 6.92 Å². The number of halogens is 1. The molecule has 22 heavy (non-hydrogen) atoms. The standard InChI is InChI=1S/C13H15ClN4O3S/c1-9-16-17-13(21-9)10-4-6-18(7-5-10)22(19,20)11-2-3-12(14)15-8-11/h2-3,8,10H,4-7H2,1H3. The van der Waals surface area contributed by atoms with Crippen LogP contribution in [0.4, 0.5) is 0 Å². The molecular formula is C13H15ClN4O3S. The Morgan fingerprint density at radius 1 is 1.27 bits per heavy atom. The van der Waals surface area contributed by atoms with Gasteiger partial charge in [-0.25, -0.2) is 13.4 Å². The molecule has 3 heterocycles. The second-order valence-corrected chi connectivity index (χ2v) is 7.48. The molecule has 3 rings (SSSR count). The highest BCUT2D eigenvalue weighted by Crippen LogP contribution is 2.29. The molecule has 9 heteroatoms. The Bertz CT molecular complexity index is 752. The molecule has 0 aliphatic carbocycles. The van der Waals surface area contributed by atoms with Crippen LogP contribution in [0.15, 0.2) is 27.6 Å². The summed E-state index contributed by atoms with van der Waals surface area (Å²) >= 11 is 5.69. The first-order valence-electron chi connectivity index (χ1n) is 6.88. The van der Waals surface area contributed by atoms with Gasteiger partial charge in [-0.05, 0) is 25.0 Å². The van der Waals surface area contributed by atoms with Gasteiger partial charge in [0.1, 0.15) is 10.0 Å². The molecular weight excluding hydrogens is 328 g/mol. The molecule has 0 spiro atoms. The van der Waals surface area contributed by atoms with Gasteiger partial charge in [0, 0.05) is 32.1 Å². The molecule has 0 amide bonds. The largest absolute Gasteiger partial charge is 0.425 e. The van der Waals surface area contributed by atoms with Crippen LogP contribution < -0.4 is 0 Å². The maximum Gasteiger partial charge on any atom is 0.244 e. The van der Waals surface area contributed by atoms with Crippen LogP contribution in [0.5, 0.6) is 0 Å². The summed E-state index contributed by atoms with van der Waals surface area (Å²) in [5.74, 6) is 1.22. The Balaban J connectivity index is 1.71. The molecule has 0 saturated carbocycles. The van der Waals surface area contributed by atoms with Crippen molar-refractivity contribution < 1.29 is 12.8 Å². The average Bonchev–Trinajstić information content (AvgIpc) is 2.94. The van der Waals surface area contributed by atoms with E-state index < -0.39 is 10.0 Å². The van der Waals surface area contributed by atoms with Crippen molar-refractivity contribution in [2.24, 2.45) is 0 Å². The molecule has 7 nitrogen and oxygen atoms in total. The van der Waals surface area contributed by atoms with Crippen LogP contribution >= 0.6 is 11.6 Å². The quantitative estimate of drug-likeness (QED) is 0.792. The molecule has 0 aromatic carbocycles. The maximum absolute atomic E-state index is 12.5. The minimum absolute atomic E-state index is 0.107. The lowest BCUT2D eigenvalue weighted by atomic mass is 9.98. The second-order valence-electron chi connectivity index (χ2n) is 5.15. The van der Waals surface area contributed by atoms with Crippen molar-refractivity contribution in [2.75, 3.05) is 13.1 Å². The minimum Gasteiger partial charge on any atom is -0.425 e. The Morgan fingerprint density at radius 3 is 2.55 bits per heavy atom. The van der Waals surface area contributed by atoms with Gasteiger partial charge in [0.25, 0.3) is 0 Å². The van der Waals surface area contributed by atoms with Gasteiger partial charge in [0.05, 0.1) is 0 Å². The van der Waals surface area contributed by atoms with Crippen molar-refractivity contribution in [1.29, 1.82) is 0 Å². The summed E-state index contributed by atoms with van der Waals surface area (Å²) in [7, 11) is -3.53. The highest BCUT2D eigenvalue weighted by atomic mass is 35.5. The fourth-order valence-electron chi connectivity index (χ4n) is 2.48. The smallest absolute Gasteiger partial charge is 0.244 e. The van der Waals surface area contributed by atoms with Crippen molar-refractivity contribution in [1.82, 2.24) is 19.5 Å². The van der Waals surface area contributed by atoms with Gasteiger partial charge < -0.3 is 4.42 Å². The molecule has 2 aromatic heterocycles. The molecule has 0 bridgehead atoms. The van der Waals surface area contributed by atoms with Gasteiger partial charge in [-0.2, -0.15) is 4.31 Å². The zero-order valence-electron chi connectivity index (χ0n) is 11.9. The third-order valence-electron chi connectivity index (χ3n) is 3.68. The first-order valence-corrected chi connectivity index (χ1v) is 8.70. The van der Waals surface area contributed by atoms with Gasteiger partial charge in [0.2, 0.25) is 21.8 Å². The van der Waals surface area contributed by atoms with Crippen molar-refractivity contribution in [3.63, 3.8) is 0 Å². The van der Waals surface area contributed by atoms with Crippen LogP contribution in [-0.4, -0.2) is 41.0 Å². The van der Waals surface area contributed by atoms with E-state index in [0.29, 0.717) is 37.7 Å². The normalized spacial score (nSPS) is 17.7. The van der Waals surface area contributed by atoms with Gasteiger partial charge in [-0.3, -0.25) is 0 Å². The Labute approximate surface area is 133 Å². The zero-order valence-corrected chi connectivity index (χ0v) is 13.5. The van der Waals surface area contributed by atoms with Crippen molar-refractivity contribution in [3.05, 3.63) is 35.3 Å². The first kappa shape index (κ1) is 15.4. The van der Waals surface area contributed by atoms with E-state index in [-0.39, 0.29) is 16.0 Å². The van der Waals surface area contributed by atoms with Crippen LogP contribution in [0.2, 0.25) is 5.15 Å². The maximum atomic E-state index is 12.5. The molecule has 118 valence electrons. The van der Waals surface area contributed by atoms with Crippen molar-refractivity contribution in [3.8, 4) is 0 Å². The molecule has 0 atom stereocenters. The number of sulfonamides is 1. The summed E-state index contributed by atoms with van der Waals surface area (Å²) < 4.78 is 32.0. The van der Waals surface area contributed by atoms with E-state index in [1.165, 1.54) is 22.6 Å². The van der Waals surface area contributed by atoms with Crippen LogP contribution in [0, 0.1) is 6.92 Å². The molecule has 1 saturated heterocycles. The third-order valence-corrected chi connectivity index (χ3v) is 5.79. The SMILES string of the molecule is Cc1nnc(C2CCN(S(=O)(=O)c3ccc(Cl)nc3)CC2)o1. The number of nitrogens with zero attached hydrogens (tertiary/aromatic N) is 4. The van der Waals surface area contributed by atoms with Crippen LogP contribution in [0.1, 0.15) is 30.5 Å². The Morgan fingerprint density at radius 2 is 2.00 bits per heavy atom. The number of piperidine rings is 1. The van der Waals surface area contributed by atoms with Crippen molar-refractivity contribution in [2.45, 2.75) is 30.6 Å². The van der Waals surface area contributed by atoms with Crippen molar-refractivity contribution >= 4 is 21.6 Å². The molecule has 0 N–H and O–H groups in total. The summed E-state index contributed by atoms with van der Waals surface area (Å²) in [6.07, 6.45) is 2.59. The minimum atomic E-state index is -3.53. The first-order chi connectivity index (χ1) is 10.5. The highest BCUT2D eigenvalue weighted by molar-refractivity contribution is 7.89. The lowest BCUT2D eigenvalue weighted by molar-refractivity contribution is 0.288. The zero-order chi connectivity index (χ0) is 15.7. The lowest BCUT2D eigenvalue weighted by Crippen LogP contribution is -2.38. The van der Waals surface area contributed by atoms with E-state index in [4.69, 9.17) is 16.0 Å². The number of aryl methyl sites for hydroxylation is 1. The Hall–Kier alpha value is -1.51. The number of hydrogen-bond donors (Lipinski definition) is 0. The highest BCUT2D eigenvalue weighted by Gasteiger charge is 2.32. The number of rotatable bonds is 3. The number of pyridine rings is 1. The predicted octanol–water partition coefficient (Wildman–Crippen LogP) is 1.99. The fourth-order valence-corrected chi connectivity index (χ4v) is 4.01. The van der Waals surface area contributed by atoms with E-state index in [9.17, 15) is 8.42 Å². The molecule has 1 aliphatic heterocycles. The fraction of sp³-hybridized carbons (Fsp3) is 0.462. The summed E-state index contributed by atoms with van der Waals surface area (Å²) in [6.45, 7) is 2.57. The summed E-state index contributed by atoms with van der Waals surface area (Å²) in [5, 5.41) is 8.10. The predicted molar refractivity (Wildman–Crippen MR) is 79.0 cm³/mol. The molecule has 2 aromatic rings. The van der Waals surface area contributed by atoms with Gasteiger partial charge in [-0.15, -0.1) is 10.2 Å². The van der Waals surface area contributed by atoms with Gasteiger partial charge in [0.15, 0.2) is 0 Å². The molecule has 1 aliphatic rings.